The highest BCUT2D eigenvalue weighted by molar-refractivity contribution is 6.30. The van der Waals surface area contributed by atoms with Gasteiger partial charge in [0.2, 0.25) is 0 Å². The van der Waals surface area contributed by atoms with Gasteiger partial charge in [0.25, 0.3) is 0 Å². The van der Waals surface area contributed by atoms with Crippen LogP contribution in [0.15, 0.2) is 24.3 Å². The van der Waals surface area contributed by atoms with Crippen molar-refractivity contribution in [3.63, 3.8) is 0 Å². The molecule has 3 rings (SSSR count). The van der Waals surface area contributed by atoms with Crippen molar-refractivity contribution in [3.05, 3.63) is 40.7 Å². The minimum Gasteiger partial charge on any atom is -0.324 e. The van der Waals surface area contributed by atoms with Crippen LogP contribution < -0.4 is 0 Å². The van der Waals surface area contributed by atoms with Gasteiger partial charge in [0.05, 0.1) is 11.3 Å². The van der Waals surface area contributed by atoms with Crippen molar-refractivity contribution in [2.45, 2.75) is 38.4 Å². The third kappa shape index (κ3) is 2.44. The molecule has 6 heteroatoms. The molecule has 0 saturated carbocycles. The van der Waals surface area contributed by atoms with Gasteiger partial charge in [-0.2, -0.15) is 13.2 Å². The minimum atomic E-state index is -4.41. The van der Waals surface area contributed by atoms with Crippen molar-refractivity contribution in [2.75, 3.05) is 0 Å². The monoisotopic (exact) mass is 314 g/mol. The summed E-state index contributed by atoms with van der Waals surface area (Å²) in [5.74, 6) is 0.315. The highest BCUT2D eigenvalue weighted by Gasteiger charge is 2.35. The van der Waals surface area contributed by atoms with E-state index in [2.05, 4.69) is 4.98 Å². The van der Waals surface area contributed by atoms with E-state index in [4.69, 9.17) is 11.6 Å². The number of hydrogen-bond acceptors (Lipinski definition) is 1. The molecule has 112 valence electrons. The van der Waals surface area contributed by atoms with Crippen molar-refractivity contribution < 1.29 is 13.2 Å². The standard InChI is InChI=1S/C15H14ClF3N2/c1-9-5-4-8-12-13(16)20-14(21(9)12)10-6-2-3-7-11(10)15(17,18)19/h2-3,6-7,9H,4-5,8H2,1H3. The zero-order valence-electron chi connectivity index (χ0n) is 11.4. The molecule has 21 heavy (non-hydrogen) atoms. The Morgan fingerprint density at radius 2 is 2.00 bits per heavy atom. The molecular weight excluding hydrogens is 301 g/mol. The molecule has 1 aliphatic rings. The molecule has 1 aromatic heterocycles. The molecule has 0 fully saturated rings. The Hall–Kier alpha value is -1.49. The highest BCUT2D eigenvalue weighted by atomic mass is 35.5. The molecule has 0 amide bonds. The number of benzene rings is 1. The largest absolute Gasteiger partial charge is 0.417 e. The predicted octanol–water partition coefficient (Wildman–Crippen LogP) is 5.12. The summed E-state index contributed by atoms with van der Waals surface area (Å²) in [5.41, 5.74) is 0.251. The second-order valence-electron chi connectivity index (χ2n) is 5.33. The van der Waals surface area contributed by atoms with Crippen LogP contribution in [0.4, 0.5) is 13.2 Å². The molecule has 0 radical (unpaired) electrons. The molecule has 0 spiro atoms. The Morgan fingerprint density at radius 3 is 2.71 bits per heavy atom. The van der Waals surface area contributed by atoms with Gasteiger partial charge < -0.3 is 4.57 Å². The van der Waals surface area contributed by atoms with Gasteiger partial charge in [-0.3, -0.25) is 0 Å². The van der Waals surface area contributed by atoms with Gasteiger partial charge in [0, 0.05) is 11.6 Å². The molecule has 1 aromatic carbocycles. The van der Waals surface area contributed by atoms with Crippen molar-refractivity contribution in [2.24, 2.45) is 0 Å². The average molecular weight is 315 g/mol. The Labute approximate surface area is 125 Å². The quantitative estimate of drug-likeness (QED) is 0.714. The lowest BCUT2D eigenvalue weighted by molar-refractivity contribution is -0.137. The fourth-order valence-corrected chi connectivity index (χ4v) is 3.21. The molecule has 1 unspecified atom stereocenters. The maximum Gasteiger partial charge on any atom is 0.417 e. The molecule has 1 atom stereocenters. The Kier molecular flexibility index (Phi) is 3.48. The van der Waals surface area contributed by atoms with Crippen LogP contribution in [0.2, 0.25) is 5.15 Å². The van der Waals surface area contributed by atoms with Gasteiger partial charge in [0.15, 0.2) is 5.15 Å². The van der Waals surface area contributed by atoms with Crippen LogP contribution in [0, 0.1) is 0 Å². The van der Waals surface area contributed by atoms with Crippen LogP contribution in [0.25, 0.3) is 11.4 Å². The van der Waals surface area contributed by atoms with E-state index in [1.165, 1.54) is 12.1 Å². The first-order chi connectivity index (χ1) is 9.89. The number of imidazole rings is 1. The number of fused-ring (bicyclic) bond motifs is 1. The van der Waals surface area contributed by atoms with E-state index < -0.39 is 11.7 Å². The van der Waals surface area contributed by atoms with Crippen molar-refractivity contribution in [1.29, 1.82) is 0 Å². The molecule has 0 aliphatic carbocycles. The first kappa shape index (κ1) is 14.4. The van der Waals surface area contributed by atoms with Gasteiger partial charge >= 0.3 is 6.18 Å². The van der Waals surface area contributed by atoms with Crippen molar-refractivity contribution >= 4 is 11.6 Å². The second-order valence-corrected chi connectivity index (χ2v) is 5.69. The fraction of sp³-hybridized carbons (Fsp3) is 0.400. The summed E-state index contributed by atoms with van der Waals surface area (Å²) in [7, 11) is 0. The van der Waals surface area contributed by atoms with E-state index >= 15 is 0 Å². The summed E-state index contributed by atoms with van der Waals surface area (Å²) in [6.45, 7) is 1.99. The van der Waals surface area contributed by atoms with Gasteiger partial charge in [-0.1, -0.05) is 29.8 Å². The lowest BCUT2D eigenvalue weighted by atomic mass is 10.0. The number of alkyl halides is 3. The Balaban J connectivity index is 2.24. The summed E-state index contributed by atoms with van der Waals surface area (Å²) < 4.78 is 41.5. The second kappa shape index (κ2) is 5.05. The van der Waals surface area contributed by atoms with E-state index in [1.807, 2.05) is 11.5 Å². The summed E-state index contributed by atoms with van der Waals surface area (Å²) in [6.07, 6.45) is -1.76. The summed E-state index contributed by atoms with van der Waals surface area (Å²) in [5, 5.41) is 0.313. The van der Waals surface area contributed by atoms with E-state index in [9.17, 15) is 13.2 Å². The molecular formula is C15H14ClF3N2. The van der Waals surface area contributed by atoms with E-state index in [0.717, 1.165) is 31.0 Å². The smallest absolute Gasteiger partial charge is 0.324 e. The lowest BCUT2D eigenvalue weighted by Crippen LogP contribution is -2.17. The number of halogens is 4. The average Bonchev–Trinajstić information content (AvgIpc) is 2.77. The molecule has 1 aliphatic heterocycles. The van der Waals surface area contributed by atoms with Crippen molar-refractivity contribution in [1.82, 2.24) is 9.55 Å². The van der Waals surface area contributed by atoms with E-state index in [1.54, 1.807) is 6.07 Å². The third-order valence-electron chi connectivity index (χ3n) is 3.91. The molecule has 2 nitrogen and oxygen atoms in total. The van der Waals surface area contributed by atoms with Gasteiger partial charge in [-0.25, -0.2) is 4.98 Å². The normalized spacial score (nSPS) is 18.6. The third-order valence-corrected chi connectivity index (χ3v) is 4.21. The van der Waals surface area contributed by atoms with Crippen LogP contribution in [0.3, 0.4) is 0 Å². The minimum absolute atomic E-state index is 0.0897. The maximum atomic E-state index is 13.2. The molecule has 2 aromatic rings. The summed E-state index contributed by atoms with van der Waals surface area (Å²) in [6, 6.07) is 5.62. The predicted molar refractivity (Wildman–Crippen MR) is 75.3 cm³/mol. The van der Waals surface area contributed by atoms with Crippen molar-refractivity contribution in [3.8, 4) is 11.4 Å². The Morgan fingerprint density at radius 1 is 1.29 bits per heavy atom. The lowest BCUT2D eigenvalue weighted by Gasteiger charge is -2.25. The molecule has 0 N–H and O–H groups in total. The molecule has 0 saturated heterocycles. The summed E-state index contributed by atoms with van der Waals surface area (Å²) >= 11 is 6.13. The van der Waals surface area contributed by atoms with Crippen LogP contribution >= 0.6 is 11.6 Å². The van der Waals surface area contributed by atoms with E-state index in [-0.39, 0.29) is 11.6 Å². The number of aromatic nitrogens is 2. The fourth-order valence-electron chi connectivity index (χ4n) is 2.95. The highest BCUT2D eigenvalue weighted by Crippen LogP contribution is 2.40. The maximum absolute atomic E-state index is 13.2. The van der Waals surface area contributed by atoms with Crippen LogP contribution in [0.1, 0.15) is 37.1 Å². The van der Waals surface area contributed by atoms with Crippen LogP contribution in [-0.4, -0.2) is 9.55 Å². The number of rotatable bonds is 1. The molecule has 2 heterocycles. The number of nitrogens with zero attached hydrogens (tertiary/aromatic N) is 2. The first-order valence-electron chi connectivity index (χ1n) is 6.83. The van der Waals surface area contributed by atoms with Crippen LogP contribution in [0.5, 0.6) is 0 Å². The van der Waals surface area contributed by atoms with E-state index in [0.29, 0.717) is 11.0 Å². The zero-order chi connectivity index (χ0) is 15.2. The van der Waals surface area contributed by atoms with Crippen LogP contribution in [-0.2, 0) is 12.6 Å². The van der Waals surface area contributed by atoms with Gasteiger partial charge in [-0.15, -0.1) is 0 Å². The first-order valence-corrected chi connectivity index (χ1v) is 7.20. The Bertz CT molecular complexity index is 676. The van der Waals surface area contributed by atoms with Gasteiger partial charge in [0.1, 0.15) is 5.82 Å². The summed E-state index contributed by atoms with van der Waals surface area (Å²) in [4.78, 5) is 4.22. The topological polar surface area (TPSA) is 17.8 Å². The van der Waals surface area contributed by atoms with Gasteiger partial charge in [-0.05, 0) is 32.3 Å². The zero-order valence-corrected chi connectivity index (χ0v) is 12.2. The SMILES string of the molecule is CC1CCCc2c(Cl)nc(-c3ccccc3C(F)(F)F)n21. The molecule has 0 bridgehead atoms. The number of hydrogen-bond donors (Lipinski definition) is 0.